The Balaban J connectivity index is 1.11. The normalized spacial score (nSPS) is 14.2. The minimum atomic E-state index is -0.816. The molecule has 6 heteroatoms. The van der Waals surface area contributed by atoms with Gasteiger partial charge in [-0.25, -0.2) is 15.0 Å². The minimum absolute atomic E-state index is 0.566. The summed E-state index contributed by atoms with van der Waals surface area (Å²) < 4.78 is 7.05. The summed E-state index contributed by atoms with van der Waals surface area (Å²) in [6.45, 7) is 0. The maximum atomic E-state index is 7.05. The lowest BCUT2D eigenvalue weighted by atomic mass is 9.61. The molecule has 0 saturated heterocycles. The molecule has 8 aromatic carbocycles. The SMILES string of the molecule is c1cncc(-c2cccc(-c3nc(-c4cccc(-c5cccnc5)c4)nc(-c4ccc5c(c4)C4(c6ccccc6Oc6c4ccc4ccccc64)c4ccccc4-c4ccccc4-5)n3)c2)c1. The van der Waals surface area contributed by atoms with E-state index in [0.29, 0.717) is 17.5 Å². The Morgan fingerprint density at radius 3 is 1.52 bits per heavy atom. The number of benzene rings is 8. The van der Waals surface area contributed by atoms with E-state index in [2.05, 4.69) is 198 Å². The first-order chi connectivity index (χ1) is 32.7. The van der Waals surface area contributed by atoms with Gasteiger partial charge < -0.3 is 4.74 Å². The number of aromatic nitrogens is 5. The molecule has 1 atom stereocenters. The molecule has 1 aliphatic carbocycles. The van der Waals surface area contributed by atoms with E-state index in [1.807, 2.05) is 24.5 Å². The molecule has 0 N–H and O–H groups in total. The highest BCUT2D eigenvalue weighted by Crippen LogP contribution is 2.62. The van der Waals surface area contributed by atoms with Crippen LogP contribution in [0.4, 0.5) is 0 Å². The monoisotopic (exact) mass is 843 g/mol. The van der Waals surface area contributed by atoms with Crippen LogP contribution in [0.15, 0.2) is 225 Å². The van der Waals surface area contributed by atoms with Crippen molar-refractivity contribution in [2.75, 3.05) is 0 Å². The molecule has 1 aliphatic heterocycles. The summed E-state index contributed by atoms with van der Waals surface area (Å²) in [5.74, 6) is 3.39. The van der Waals surface area contributed by atoms with Crippen LogP contribution in [0.2, 0.25) is 0 Å². The zero-order valence-corrected chi connectivity index (χ0v) is 35.5. The molecule has 0 amide bonds. The average molecular weight is 844 g/mol. The molecule has 0 fully saturated rings. The minimum Gasteiger partial charge on any atom is -0.456 e. The highest BCUT2D eigenvalue weighted by Gasteiger charge is 2.49. The van der Waals surface area contributed by atoms with Crippen molar-refractivity contribution in [1.82, 2.24) is 24.9 Å². The number of hydrogen-bond acceptors (Lipinski definition) is 6. The summed E-state index contributed by atoms with van der Waals surface area (Å²) in [5.41, 5.74) is 15.0. The van der Waals surface area contributed by atoms with Gasteiger partial charge >= 0.3 is 0 Å². The topological polar surface area (TPSA) is 73.7 Å². The summed E-state index contributed by atoms with van der Waals surface area (Å²) in [6, 6.07) is 70.7. The van der Waals surface area contributed by atoms with Crippen LogP contribution in [0.1, 0.15) is 22.3 Å². The summed E-state index contributed by atoms with van der Waals surface area (Å²) in [5, 5.41) is 2.19. The standard InChI is InChI=1S/C60H37N5O/c1-2-20-46-38(13-1)28-30-53-56(46)66-55-26-8-7-25-52(55)60(53)51-24-6-5-23-49(51)47-21-3-4-22-48(47)50-29-27-43(35-54(50)60)59-64-57(41-16-9-14-39(33-41)44-18-11-31-61-36-44)63-58(65-59)42-17-10-15-40(34-42)45-19-12-32-62-37-45/h1-37H. The second kappa shape index (κ2) is 15.1. The number of pyridine rings is 2. The molecule has 13 rings (SSSR count). The molecule has 0 bridgehead atoms. The summed E-state index contributed by atoms with van der Waals surface area (Å²) in [6.07, 6.45) is 7.34. The number of hydrogen-bond donors (Lipinski definition) is 0. The second-order valence-corrected chi connectivity index (χ2v) is 16.8. The van der Waals surface area contributed by atoms with Gasteiger partial charge in [0.2, 0.25) is 0 Å². The van der Waals surface area contributed by atoms with E-state index in [9.17, 15) is 0 Å². The van der Waals surface area contributed by atoms with Crippen LogP contribution in [0.3, 0.4) is 0 Å². The first kappa shape index (κ1) is 37.7. The molecular formula is C60H37N5O. The lowest BCUT2D eigenvalue weighted by Crippen LogP contribution is -2.35. The summed E-state index contributed by atoms with van der Waals surface area (Å²) in [4.78, 5) is 24.8. The van der Waals surface area contributed by atoms with Crippen molar-refractivity contribution in [1.29, 1.82) is 0 Å². The van der Waals surface area contributed by atoms with E-state index >= 15 is 0 Å². The molecule has 3 aromatic heterocycles. The third-order valence-corrected chi connectivity index (χ3v) is 13.2. The van der Waals surface area contributed by atoms with Crippen molar-refractivity contribution in [3.8, 4) is 90.2 Å². The Hall–Kier alpha value is -8.87. The van der Waals surface area contributed by atoms with E-state index in [1.165, 1.54) is 16.7 Å². The Morgan fingerprint density at radius 2 is 0.864 bits per heavy atom. The fourth-order valence-corrected chi connectivity index (χ4v) is 10.2. The summed E-state index contributed by atoms with van der Waals surface area (Å²) in [7, 11) is 0. The Bertz CT molecular complexity index is 3600. The van der Waals surface area contributed by atoms with Crippen molar-refractivity contribution in [3.63, 3.8) is 0 Å². The molecule has 11 aromatic rings. The number of rotatable bonds is 5. The highest BCUT2D eigenvalue weighted by atomic mass is 16.5. The zero-order chi connectivity index (χ0) is 43.6. The molecule has 0 saturated carbocycles. The number of ether oxygens (including phenoxy) is 1. The fourth-order valence-electron chi connectivity index (χ4n) is 10.2. The number of fused-ring (bicyclic) bond motifs is 13. The molecule has 6 nitrogen and oxygen atoms in total. The van der Waals surface area contributed by atoms with Crippen molar-refractivity contribution < 1.29 is 4.74 Å². The van der Waals surface area contributed by atoms with Gasteiger partial charge in [0.25, 0.3) is 0 Å². The largest absolute Gasteiger partial charge is 0.456 e. The smallest absolute Gasteiger partial charge is 0.164 e. The van der Waals surface area contributed by atoms with Gasteiger partial charge in [0.1, 0.15) is 11.5 Å². The first-order valence-corrected chi connectivity index (χ1v) is 22.1. The van der Waals surface area contributed by atoms with E-state index in [-0.39, 0.29) is 0 Å². The molecule has 66 heavy (non-hydrogen) atoms. The van der Waals surface area contributed by atoms with Gasteiger partial charge in [-0.15, -0.1) is 0 Å². The molecule has 0 radical (unpaired) electrons. The highest BCUT2D eigenvalue weighted by molar-refractivity contribution is 5.98. The van der Waals surface area contributed by atoms with Gasteiger partial charge in [0.15, 0.2) is 17.5 Å². The maximum Gasteiger partial charge on any atom is 0.164 e. The predicted molar refractivity (Wildman–Crippen MR) is 263 cm³/mol. The zero-order valence-electron chi connectivity index (χ0n) is 35.5. The van der Waals surface area contributed by atoms with Crippen LogP contribution >= 0.6 is 0 Å². The third kappa shape index (κ3) is 5.92. The molecule has 1 spiro atoms. The van der Waals surface area contributed by atoms with Gasteiger partial charge in [0, 0.05) is 69.1 Å². The van der Waals surface area contributed by atoms with Crippen LogP contribution in [0, 0.1) is 0 Å². The molecule has 1 unspecified atom stereocenters. The van der Waals surface area contributed by atoms with Gasteiger partial charge in [-0.05, 0) is 86.3 Å². The lowest BCUT2D eigenvalue weighted by Gasteiger charge is -2.42. The predicted octanol–water partition coefficient (Wildman–Crippen LogP) is 14.3. The fraction of sp³-hybridized carbons (Fsp3) is 0.0167. The lowest BCUT2D eigenvalue weighted by molar-refractivity contribution is 0.440. The molecule has 2 aliphatic rings. The van der Waals surface area contributed by atoms with Crippen LogP contribution in [-0.2, 0) is 5.41 Å². The van der Waals surface area contributed by atoms with Crippen molar-refractivity contribution in [2.45, 2.75) is 5.41 Å². The maximum absolute atomic E-state index is 7.05. The van der Waals surface area contributed by atoms with Gasteiger partial charge in [-0.2, -0.15) is 0 Å². The third-order valence-electron chi connectivity index (χ3n) is 13.2. The van der Waals surface area contributed by atoms with E-state index in [1.54, 1.807) is 12.4 Å². The molecule has 308 valence electrons. The molecule has 4 heterocycles. The Morgan fingerprint density at radius 1 is 0.333 bits per heavy atom. The van der Waals surface area contributed by atoms with Crippen molar-refractivity contribution >= 4 is 10.8 Å². The average Bonchev–Trinajstić information content (AvgIpc) is 3.50. The Labute approximate surface area is 381 Å². The van der Waals surface area contributed by atoms with Crippen LogP contribution < -0.4 is 4.74 Å². The van der Waals surface area contributed by atoms with E-state index in [0.717, 1.165) is 89.0 Å². The number of para-hydroxylation sites is 1. The Kier molecular flexibility index (Phi) is 8.64. The summed E-state index contributed by atoms with van der Waals surface area (Å²) >= 11 is 0. The van der Waals surface area contributed by atoms with Gasteiger partial charge in [-0.1, -0.05) is 164 Å². The quantitative estimate of drug-likeness (QED) is 0.172. The first-order valence-electron chi connectivity index (χ1n) is 22.1. The van der Waals surface area contributed by atoms with Gasteiger partial charge in [0.05, 0.1) is 5.41 Å². The van der Waals surface area contributed by atoms with Crippen LogP contribution in [0.25, 0.3) is 89.4 Å². The van der Waals surface area contributed by atoms with E-state index in [4.69, 9.17) is 19.7 Å². The van der Waals surface area contributed by atoms with Gasteiger partial charge in [-0.3, -0.25) is 9.97 Å². The second-order valence-electron chi connectivity index (χ2n) is 16.8. The van der Waals surface area contributed by atoms with Crippen molar-refractivity contribution in [3.05, 3.63) is 247 Å². The van der Waals surface area contributed by atoms with Crippen LogP contribution in [-0.4, -0.2) is 24.9 Å². The molecular weight excluding hydrogens is 807 g/mol. The van der Waals surface area contributed by atoms with Crippen molar-refractivity contribution in [2.24, 2.45) is 0 Å². The number of nitrogens with zero attached hydrogens (tertiary/aromatic N) is 5. The van der Waals surface area contributed by atoms with E-state index < -0.39 is 5.41 Å². The van der Waals surface area contributed by atoms with Crippen LogP contribution in [0.5, 0.6) is 11.5 Å².